The van der Waals surface area contributed by atoms with E-state index >= 15 is 0 Å². The van der Waals surface area contributed by atoms with E-state index in [1.807, 2.05) is 19.9 Å². The maximum absolute atomic E-state index is 11.9. The van der Waals surface area contributed by atoms with E-state index in [0.717, 1.165) is 17.0 Å². The van der Waals surface area contributed by atoms with E-state index in [9.17, 15) is 9.59 Å². The Morgan fingerprint density at radius 3 is 2.62 bits per heavy atom. The molecular formula is C12H13NO3. The van der Waals surface area contributed by atoms with Crippen LogP contribution in [0.15, 0.2) is 18.2 Å². The molecule has 1 heterocycles. The van der Waals surface area contributed by atoms with Crippen molar-refractivity contribution in [3.63, 3.8) is 0 Å². The average molecular weight is 219 g/mol. The molecule has 1 aromatic carbocycles. The summed E-state index contributed by atoms with van der Waals surface area (Å²) in [5, 5.41) is 0.862. The Labute approximate surface area is 93.8 Å². The van der Waals surface area contributed by atoms with Crippen LogP contribution in [0.25, 0.3) is 0 Å². The Hall–Kier alpha value is -1.68. The van der Waals surface area contributed by atoms with Crippen LogP contribution in [0.1, 0.15) is 39.6 Å². The van der Waals surface area contributed by atoms with E-state index < -0.39 is 0 Å². The maximum Gasteiger partial charge on any atom is 0.286 e. The second-order valence-electron chi connectivity index (χ2n) is 3.74. The van der Waals surface area contributed by atoms with Crippen LogP contribution >= 0.6 is 0 Å². The molecule has 0 radical (unpaired) electrons. The Bertz CT molecular complexity index is 454. The van der Waals surface area contributed by atoms with Gasteiger partial charge in [0.05, 0.1) is 17.7 Å². The van der Waals surface area contributed by atoms with Gasteiger partial charge in [-0.3, -0.25) is 14.4 Å². The zero-order chi connectivity index (χ0) is 11.7. The van der Waals surface area contributed by atoms with E-state index in [1.54, 1.807) is 12.1 Å². The summed E-state index contributed by atoms with van der Waals surface area (Å²) in [5.41, 5.74) is 1.70. The number of rotatable bonds is 3. The lowest BCUT2D eigenvalue weighted by Gasteiger charge is -2.12. The molecule has 0 fully saturated rings. The second kappa shape index (κ2) is 4.06. The zero-order valence-electron chi connectivity index (χ0n) is 9.32. The molecule has 0 saturated heterocycles. The standard InChI is InChI=1S/C12H13NO3/c1-3-7-16-13-11(14)9-6-4-5-8(2)10(9)12(13)15/h4-6H,3,7H2,1-2H3. The molecule has 0 unspecified atom stereocenters. The summed E-state index contributed by atoms with van der Waals surface area (Å²) in [4.78, 5) is 28.9. The number of benzene rings is 1. The smallest absolute Gasteiger partial charge is 0.266 e. The van der Waals surface area contributed by atoms with Gasteiger partial charge in [-0.05, 0) is 25.0 Å². The minimum absolute atomic E-state index is 0.355. The first kappa shape index (κ1) is 10.8. The predicted molar refractivity (Wildman–Crippen MR) is 57.9 cm³/mol. The van der Waals surface area contributed by atoms with Gasteiger partial charge in [-0.1, -0.05) is 19.1 Å². The third-order valence-electron chi connectivity index (χ3n) is 2.51. The second-order valence-corrected chi connectivity index (χ2v) is 3.74. The summed E-state index contributed by atoms with van der Waals surface area (Å²) < 4.78 is 0. The summed E-state index contributed by atoms with van der Waals surface area (Å²) in [7, 11) is 0. The molecule has 2 amide bonds. The predicted octanol–water partition coefficient (Wildman–Crippen LogP) is 1.93. The maximum atomic E-state index is 11.9. The molecule has 2 rings (SSSR count). The topological polar surface area (TPSA) is 46.6 Å². The number of hydroxylamine groups is 2. The number of nitrogens with zero attached hydrogens (tertiary/aromatic N) is 1. The number of fused-ring (bicyclic) bond motifs is 1. The van der Waals surface area contributed by atoms with Gasteiger partial charge in [0.15, 0.2) is 0 Å². The monoisotopic (exact) mass is 219 g/mol. The summed E-state index contributed by atoms with van der Waals surface area (Å²) in [6.07, 6.45) is 0.756. The van der Waals surface area contributed by atoms with Crippen molar-refractivity contribution in [1.82, 2.24) is 5.06 Å². The molecule has 0 saturated carbocycles. The van der Waals surface area contributed by atoms with E-state index in [-0.39, 0.29) is 11.8 Å². The summed E-state index contributed by atoms with van der Waals surface area (Å²) in [6, 6.07) is 5.23. The molecule has 1 aliphatic heterocycles. The molecule has 4 heteroatoms. The molecule has 1 aromatic rings. The minimum atomic E-state index is -0.364. The van der Waals surface area contributed by atoms with Gasteiger partial charge in [-0.2, -0.15) is 0 Å². The lowest BCUT2D eigenvalue weighted by Crippen LogP contribution is -2.30. The van der Waals surface area contributed by atoms with Gasteiger partial charge in [0.1, 0.15) is 0 Å². The molecule has 16 heavy (non-hydrogen) atoms. The summed E-state index contributed by atoms with van der Waals surface area (Å²) >= 11 is 0. The van der Waals surface area contributed by atoms with Gasteiger partial charge in [0, 0.05) is 0 Å². The fourth-order valence-electron chi connectivity index (χ4n) is 1.73. The Kier molecular flexibility index (Phi) is 2.75. The number of hydrogen-bond donors (Lipinski definition) is 0. The first-order chi connectivity index (χ1) is 7.66. The van der Waals surface area contributed by atoms with Crippen molar-refractivity contribution in [3.05, 3.63) is 34.9 Å². The highest BCUT2D eigenvalue weighted by Crippen LogP contribution is 2.25. The number of imide groups is 1. The third-order valence-corrected chi connectivity index (χ3v) is 2.51. The molecule has 0 atom stereocenters. The van der Waals surface area contributed by atoms with Gasteiger partial charge < -0.3 is 0 Å². The van der Waals surface area contributed by atoms with Crippen LogP contribution in [-0.4, -0.2) is 23.5 Å². The number of carbonyl (C=O) groups is 2. The minimum Gasteiger partial charge on any atom is -0.266 e. The molecule has 0 N–H and O–H groups in total. The Balaban J connectivity index is 2.37. The molecule has 0 spiro atoms. The largest absolute Gasteiger partial charge is 0.286 e. The van der Waals surface area contributed by atoms with Crippen molar-refractivity contribution in [1.29, 1.82) is 0 Å². The van der Waals surface area contributed by atoms with Gasteiger partial charge >= 0.3 is 0 Å². The van der Waals surface area contributed by atoms with E-state index in [0.29, 0.717) is 17.7 Å². The summed E-state index contributed by atoms with van der Waals surface area (Å²) in [5.74, 6) is -0.719. The number of amides is 2. The van der Waals surface area contributed by atoms with Gasteiger partial charge in [-0.25, -0.2) is 0 Å². The van der Waals surface area contributed by atoms with E-state index in [2.05, 4.69) is 0 Å². The van der Waals surface area contributed by atoms with Gasteiger partial charge in [-0.15, -0.1) is 5.06 Å². The number of hydrogen-bond acceptors (Lipinski definition) is 3. The van der Waals surface area contributed by atoms with Crippen molar-refractivity contribution in [2.24, 2.45) is 0 Å². The fourth-order valence-corrected chi connectivity index (χ4v) is 1.73. The molecule has 0 aliphatic carbocycles. The molecule has 1 aliphatic rings. The number of carbonyl (C=O) groups excluding carboxylic acids is 2. The van der Waals surface area contributed by atoms with Crippen LogP contribution in [0.3, 0.4) is 0 Å². The van der Waals surface area contributed by atoms with Crippen molar-refractivity contribution in [2.75, 3.05) is 6.61 Å². The highest BCUT2D eigenvalue weighted by Gasteiger charge is 2.37. The van der Waals surface area contributed by atoms with Crippen LogP contribution in [0, 0.1) is 6.92 Å². The Morgan fingerprint density at radius 1 is 1.25 bits per heavy atom. The Morgan fingerprint density at radius 2 is 2.00 bits per heavy atom. The fraction of sp³-hybridized carbons (Fsp3) is 0.333. The highest BCUT2D eigenvalue weighted by atomic mass is 16.7. The molecule has 0 aromatic heterocycles. The first-order valence-corrected chi connectivity index (χ1v) is 5.28. The van der Waals surface area contributed by atoms with Crippen LogP contribution in [-0.2, 0) is 4.84 Å². The number of aryl methyl sites for hydroxylation is 1. The van der Waals surface area contributed by atoms with E-state index in [4.69, 9.17) is 4.84 Å². The van der Waals surface area contributed by atoms with Crippen LogP contribution in [0.2, 0.25) is 0 Å². The highest BCUT2D eigenvalue weighted by molar-refractivity contribution is 6.21. The van der Waals surface area contributed by atoms with Crippen LogP contribution in [0.4, 0.5) is 0 Å². The van der Waals surface area contributed by atoms with Crippen molar-refractivity contribution < 1.29 is 14.4 Å². The van der Waals surface area contributed by atoms with Gasteiger partial charge in [0.25, 0.3) is 11.8 Å². The van der Waals surface area contributed by atoms with Gasteiger partial charge in [0.2, 0.25) is 0 Å². The van der Waals surface area contributed by atoms with Crippen molar-refractivity contribution in [3.8, 4) is 0 Å². The van der Waals surface area contributed by atoms with Crippen molar-refractivity contribution in [2.45, 2.75) is 20.3 Å². The molecule has 84 valence electrons. The average Bonchev–Trinajstić information content (AvgIpc) is 2.51. The molecule has 4 nitrogen and oxygen atoms in total. The van der Waals surface area contributed by atoms with Crippen molar-refractivity contribution >= 4 is 11.8 Å². The van der Waals surface area contributed by atoms with Crippen LogP contribution < -0.4 is 0 Å². The molecule has 0 bridgehead atoms. The molecular weight excluding hydrogens is 206 g/mol. The quantitative estimate of drug-likeness (QED) is 0.730. The summed E-state index contributed by atoms with van der Waals surface area (Å²) in [6.45, 7) is 4.10. The first-order valence-electron chi connectivity index (χ1n) is 5.28. The zero-order valence-corrected chi connectivity index (χ0v) is 9.32. The van der Waals surface area contributed by atoms with Crippen LogP contribution in [0.5, 0.6) is 0 Å². The normalized spacial score (nSPS) is 14.5. The van der Waals surface area contributed by atoms with E-state index in [1.165, 1.54) is 0 Å². The lowest BCUT2D eigenvalue weighted by molar-refractivity contribution is -0.0910. The SMILES string of the molecule is CCCON1C(=O)c2cccc(C)c2C1=O. The lowest BCUT2D eigenvalue weighted by atomic mass is 10.0. The third kappa shape index (κ3) is 1.51.